The molecule has 0 rings (SSSR count). The summed E-state index contributed by atoms with van der Waals surface area (Å²) < 4.78 is 0. The van der Waals surface area contributed by atoms with E-state index in [2.05, 4.69) is 5.32 Å². The SMILES string of the molecule is C/C=C/CCNCC(C)(O)C(=O)O. The molecule has 0 spiro atoms. The Morgan fingerprint density at radius 2 is 2.23 bits per heavy atom. The molecule has 4 heteroatoms. The van der Waals surface area contributed by atoms with E-state index in [0.717, 1.165) is 6.42 Å². The van der Waals surface area contributed by atoms with Gasteiger partial charge in [0.25, 0.3) is 0 Å². The second-order valence-corrected chi connectivity index (χ2v) is 3.11. The Hall–Kier alpha value is -0.870. The Kier molecular flexibility index (Phi) is 5.34. The molecule has 0 heterocycles. The Balaban J connectivity index is 3.58. The lowest BCUT2D eigenvalue weighted by atomic mass is 10.1. The smallest absolute Gasteiger partial charge is 0.336 e. The third-order valence-electron chi connectivity index (χ3n) is 1.65. The molecule has 4 nitrogen and oxygen atoms in total. The van der Waals surface area contributed by atoms with Gasteiger partial charge in [0.15, 0.2) is 5.60 Å². The maximum absolute atomic E-state index is 10.4. The number of hydrogen-bond acceptors (Lipinski definition) is 3. The molecule has 0 aromatic carbocycles. The fraction of sp³-hybridized carbons (Fsp3) is 0.667. The molecule has 13 heavy (non-hydrogen) atoms. The third kappa shape index (κ3) is 5.38. The molecule has 76 valence electrons. The standard InChI is InChI=1S/C9H17NO3/c1-3-4-5-6-10-7-9(2,13)8(11)12/h3-4,10,13H,5-7H2,1-2H3,(H,11,12)/b4-3+. The van der Waals surface area contributed by atoms with E-state index < -0.39 is 11.6 Å². The molecule has 0 aliphatic rings. The van der Waals surface area contributed by atoms with Crippen molar-refractivity contribution in [2.45, 2.75) is 25.9 Å². The number of carboxylic acids is 1. The Bertz CT molecular complexity index is 187. The van der Waals surface area contributed by atoms with Crippen molar-refractivity contribution in [1.29, 1.82) is 0 Å². The molecular weight excluding hydrogens is 170 g/mol. The van der Waals surface area contributed by atoms with Gasteiger partial charge in [-0.05, 0) is 26.8 Å². The first-order valence-corrected chi connectivity index (χ1v) is 4.28. The number of nitrogens with one attached hydrogen (secondary N) is 1. The first-order valence-electron chi connectivity index (χ1n) is 4.28. The summed E-state index contributed by atoms with van der Waals surface area (Å²) in [6.07, 6.45) is 4.74. The van der Waals surface area contributed by atoms with Gasteiger partial charge < -0.3 is 15.5 Å². The highest BCUT2D eigenvalue weighted by molar-refractivity contribution is 5.76. The van der Waals surface area contributed by atoms with Crippen molar-refractivity contribution >= 4 is 5.97 Å². The number of aliphatic hydroxyl groups is 1. The zero-order valence-electron chi connectivity index (χ0n) is 8.08. The van der Waals surface area contributed by atoms with Crippen molar-refractivity contribution in [3.8, 4) is 0 Å². The number of carboxylic acid groups (broad SMARTS) is 1. The van der Waals surface area contributed by atoms with Crippen molar-refractivity contribution in [2.75, 3.05) is 13.1 Å². The number of aliphatic carboxylic acids is 1. The largest absolute Gasteiger partial charge is 0.479 e. The monoisotopic (exact) mass is 187 g/mol. The van der Waals surface area contributed by atoms with Gasteiger partial charge in [-0.15, -0.1) is 0 Å². The van der Waals surface area contributed by atoms with Crippen molar-refractivity contribution in [3.05, 3.63) is 12.2 Å². The average Bonchev–Trinajstić information content (AvgIpc) is 2.03. The van der Waals surface area contributed by atoms with Crippen LogP contribution in [0.2, 0.25) is 0 Å². The lowest BCUT2D eigenvalue weighted by molar-refractivity contribution is -0.156. The molecule has 0 fully saturated rings. The molecule has 0 saturated heterocycles. The van der Waals surface area contributed by atoms with Crippen LogP contribution in [0.3, 0.4) is 0 Å². The zero-order chi connectivity index (χ0) is 10.3. The average molecular weight is 187 g/mol. The highest BCUT2D eigenvalue weighted by Gasteiger charge is 2.28. The minimum absolute atomic E-state index is 0.0693. The molecule has 1 unspecified atom stereocenters. The van der Waals surface area contributed by atoms with Crippen LogP contribution in [0.1, 0.15) is 20.3 Å². The molecule has 0 saturated carbocycles. The second kappa shape index (κ2) is 5.72. The topological polar surface area (TPSA) is 69.6 Å². The van der Waals surface area contributed by atoms with Gasteiger partial charge in [-0.3, -0.25) is 0 Å². The molecule has 0 aromatic heterocycles. The summed E-state index contributed by atoms with van der Waals surface area (Å²) in [4.78, 5) is 10.4. The molecule has 1 atom stereocenters. The van der Waals surface area contributed by atoms with Crippen LogP contribution in [0.15, 0.2) is 12.2 Å². The quantitative estimate of drug-likeness (QED) is 0.415. The zero-order valence-corrected chi connectivity index (χ0v) is 8.08. The highest BCUT2D eigenvalue weighted by Crippen LogP contribution is 2.00. The molecule has 0 aromatic rings. The molecule has 0 amide bonds. The minimum atomic E-state index is -1.67. The van der Waals surface area contributed by atoms with Gasteiger partial charge in [-0.1, -0.05) is 12.2 Å². The third-order valence-corrected chi connectivity index (χ3v) is 1.65. The Labute approximate surface area is 78.3 Å². The summed E-state index contributed by atoms with van der Waals surface area (Å²) in [7, 11) is 0. The molecule has 0 aliphatic heterocycles. The summed E-state index contributed by atoms with van der Waals surface area (Å²) in [6, 6.07) is 0. The lowest BCUT2D eigenvalue weighted by Crippen LogP contribution is -2.44. The highest BCUT2D eigenvalue weighted by atomic mass is 16.4. The maximum atomic E-state index is 10.4. The van der Waals surface area contributed by atoms with Crippen LogP contribution in [0.4, 0.5) is 0 Å². The van der Waals surface area contributed by atoms with Crippen LogP contribution >= 0.6 is 0 Å². The molecule has 0 radical (unpaired) electrons. The van der Waals surface area contributed by atoms with Crippen molar-refractivity contribution in [2.24, 2.45) is 0 Å². The van der Waals surface area contributed by atoms with Gasteiger partial charge in [0.2, 0.25) is 0 Å². The summed E-state index contributed by atoms with van der Waals surface area (Å²) >= 11 is 0. The van der Waals surface area contributed by atoms with Crippen molar-refractivity contribution in [1.82, 2.24) is 5.32 Å². The summed E-state index contributed by atoms with van der Waals surface area (Å²) in [5.41, 5.74) is -1.67. The molecule has 0 bridgehead atoms. The fourth-order valence-corrected chi connectivity index (χ4v) is 0.759. The normalized spacial score (nSPS) is 15.9. The number of rotatable bonds is 6. The van der Waals surface area contributed by atoms with Gasteiger partial charge >= 0.3 is 5.97 Å². The van der Waals surface area contributed by atoms with Crippen LogP contribution in [0.25, 0.3) is 0 Å². The van der Waals surface area contributed by atoms with E-state index in [0.29, 0.717) is 6.54 Å². The molecule has 0 aliphatic carbocycles. The van der Waals surface area contributed by atoms with Gasteiger partial charge in [0.05, 0.1) is 0 Å². The van der Waals surface area contributed by atoms with E-state index in [9.17, 15) is 9.90 Å². The first-order chi connectivity index (χ1) is 6.00. The predicted molar refractivity (Wildman–Crippen MR) is 50.6 cm³/mol. The number of hydrogen-bond donors (Lipinski definition) is 3. The fourth-order valence-electron chi connectivity index (χ4n) is 0.759. The van der Waals surface area contributed by atoms with Crippen LogP contribution in [0, 0.1) is 0 Å². The molecular formula is C9H17NO3. The van der Waals surface area contributed by atoms with Crippen LogP contribution in [0.5, 0.6) is 0 Å². The summed E-state index contributed by atoms with van der Waals surface area (Å²) in [5, 5.41) is 20.7. The van der Waals surface area contributed by atoms with E-state index in [1.54, 1.807) is 0 Å². The number of allylic oxidation sites excluding steroid dienone is 1. The van der Waals surface area contributed by atoms with E-state index in [4.69, 9.17) is 5.11 Å². The maximum Gasteiger partial charge on any atom is 0.336 e. The van der Waals surface area contributed by atoms with Crippen LogP contribution in [-0.4, -0.2) is 34.9 Å². The van der Waals surface area contributed by atoms with Gasteiger partial charge in [-0.2, -0.15) is 0 Å². The van der Waals surface area contributed by atoms with Gasteiger partial charge in [-0.25, -0.2) is 4.79 Å². The second-order valence-electron chi connectivity index (χ2n) is 3.11. The molecule has 3 N–H and O–H groups in total. The predicted octanol–water partition coefficient (Wildman–Crippen LogP) is 0.378. The number of carbonyl (C=O) groups is 1. The van der Waals surface area contributed by atoms with Crippen molar-refractivity contribution in [3.63, 3.8) is 0 Å². The van der Waals surface area contributed by atoms with Gasteiger partial charge in [0.1, 0.15) is 0 Å². The minimum Gasteiger partial charge on any atom is -0.479 e. The first kappa shape index (κ1) is 12.1. The lowest BCUT2D eigenvalue weighted by Gasteiger charge is -2.17. The van der Waals surface area contributed by atoms with Crippen LogP contribution < -0.4 is 5.32 Å². The Morgan fingerprint density at radius 3 is 2.69 bits per heavy atom. The van der Waals surface area contributed by atoms with E-state index in [-0.39, 0.29) is 6.54 Å². The summed E-state index contributed by atoms with van der Waals surface area (Å²) in [6.45, 7) is 3.94. The summed E-state index contributed by atoms with van der Waals surface area (Å²) in [5.74, 6) is -1.20. The van der Waals surface area contributed by atoms with E-state index in [1.165, 1.54) is 6.92 Å². The van der Waals surface area contributed by atoms with Crippen molar-refractivity contribution < 1.29 is 15.0 Å². The van der Waals surface area contributed by atoms with E-state index >= 15 is 0 Å². The van der Waals surface area contributed by atoms with E-state index in [1.807, 2.05) is 19.1 Å². The Morgan fingerprint density at radius 1 is 1.62 bits per heavy atom. The van der Waals surface area contributed by atoms with Crippen LogP contribution in [-0.2, 0) is 4.79 Å². The van der Waals surface area contributed by atoms with Gasteiger partial charge in [0, 0.05) is 6.54 Å².